The van der Waals surface area contributed by atoms with Crippen molar-refractivity contribution in [1.29, 1.82) is 0 Å². The number of carbonyl (C=O) groups is 1. The molecule has 0 spiro atoms. The number of rotatable bonds is 5. The summed E-state index contributed by atoms with van der Waals surface area (Å²) >= 11 is 0. The first-order chi connectivity index (χ1) is 13.2. The molecule has 0 aliphatic heterocycles. The van der Waals surface area contributed by atoms with Crippen LogP contribution in [0.15, 0.2) is 46.1 Å². The number of aryl methyl sites for hydroxylation is 2. The van der Waals surface area contributed by atoms with Gasteiger partial charge in [-0.15, -0.1) is 0 Å². The lowest BCUT2D eigenvalue weighted by Crippen LogP contribution is -2.19. The van der Waals surface area contributed by atoms with E-state index in [0.29, 0.717) is 11.0 Å². The molecule has 28 heavy (non-hydrogen) atoms. The second-order valence-corrected chi connectivity index (χ2v) is 7.75. The fourth-order valence-corrected chi connectivity index (χ4v) is 3.97. The summed E-state index contributed by atoms with van der Waals surface area (Å²) in [7, 11) is 1.78. The van der Waals surface area contributed by atoms with Crippen molar-refractivity contribution in [2.75, 3.05) is 18.9 Å². The van der Waals surface area contributed by atoms with E-state index in [1.165, 1.54) is 53.7 Å². The number of nitrogens with one attached hydrogen (secondary N) is 1. The molecular weight excluding hydrogens is 386 g/mol. The van der Waals surface area contributed by atoms with Crippen LogP contribution in [0, 0.1) is 0 Å². The minimum Gasteiger partial charge on any atom is -0.495 e. The number of fused-ring (bicyclic) bond motifs is 1. The molecule has 0 bridgehead atoms. The summed E-state index contributed by atoms with van der Waals surface area (Å²) in [5.74, 6) is -0.367. The molecule has 3 aromatic rings. The van der Waals surface area contributed by atoms with Gasteiger partial charge in [-0.3, -0.25) is 13.9 Å². The zero-order chi connectivity index (χ0) is 20.6. The molecule has 0 unspecified atom stereocenters. The van der Waals surface area contributed by atoms with E-state index in [4.69, 9.17) is 4.74 Å². The van der Waals surface area contributed by atoms with Gasteiger partial charge in [0.2, 0.25) is 0 Å². The van der Waals surface area contributed by atoms with E-state index in [0.717, 1.165) is 0 Å². The summed E-state index contributed by atoms with van der Waals surface area (Å²) in [4.78, 5) is 23.8. The Balaban J connectivity index is 2.07. The third kappa shape index (κ3) is 3.22. The Kier molecular flexibility index (Phi) is 4.90. The lowest BCUT2D eigenvalue weighted by Gasteiger charge is -2.13. The van der Waals surface area contributed by atoms with Gasteiger partial charge in [0, 0.05) is 14.1 Å². The molecule has 10 heteroatoms. The number of imidazole rings is 1. The Morgan fingerprint density at radius 2 is 1.68 bits per heavy atom. The van der Waals surface area contributed by atoms with E-state index in [9.17, 15) is 18.0 Å². The fourth-order valence-electron chi connectivity index (χ4n) is 2.89. The highest BCUT2D eigenvalue weighted by Crippen LogP contribution is 2.29. The van der Waals surface area contributed by atoms with Crippen LogP contribution in [0.2, 0.25) is 0 Å². The molecule has 1 heterocycles. The summed E-state index contributed by atoms with van der Waals surface area (Å²) in [6, 6.07) is 8.64. The Bertz CT molecular complexity index is 1240. The number of hydrogen-bond donors (Lipinski definition) is 1. The molecule has 148 valence electrons. The van der Waals surface area contributed by atoms with E-state index < -0.39 is 16.0 Å². The first kappa shape index (κ1) is 19.5. The van der Waals surface area contributed by atoms with Crippen LogP contribution >= 0.6 is 0 Å². The van der Waals surface area contributed by atoms with Crippen LogP contribution in [0.1, 0.15) is 10.4 Å². The Morgan fingerprint density at radius 1 is 1.00 bits per heavy atom. The standard InChI is InChI=1S/C18H19N3O6S/c1-20-14-7-6-12(10-15(14)21(2)18(20)23)28(24,25)19-13-9-11(17(22)27-4)5-8-16(13)26-3/h5-10,19H,1-4H3. The smallest absolute Gasteiger partial charge is 0.337 e. The summed E-state index contributed by atoms with van der Waals surface area (Å²) in [6.45, 7) is 0. The average Bonchev–Trinajstić information content (AvgIpc) is 2.90. The van der Waals surface area contributed by atoms with Crippen molar-refractivity contribution in [3.8, 4) is 5.75 Å². The van der Waals surface area contributed by atoms with Crippen LogP contribution in [0.4, 0.5) is 5.69 Å². The van der Waals surface area contributed by atoms with Crippen LogP contribution in [0.5, 0.6) is 5.75 Å². The van der Waals surface area contributed by atoms with Crippen LogP contribution in [0.3, 0.4) is 0 Å². The third-order valence-electron chi connectivity index (χ3n) is 4.42. The van der Waals surface area contributed by atoms with Gasteiger partial charge in [0.1, 0.15) is 5.75 Å². The van der Waals surface area contributed by atoms with Crippen LogP contribution in [-0.2, 0) is 28.9 Å². The molecule has 0 saturated heterocycles. The summed E-state index contributed by atoms with van der Waals surface area (Å²) in [5, 5.41) is 0. The minimum absolute atomic E-state index is 0.0354. The number of hydrogen-bond acceptors (Lipinski definition) is 6. The molecule has 0 aliphatic rings. The number of aromatic nitrogens is 2. The number of sulfonamides is 1. The molecule has 0 amide bonds. The van der Waals surface area contributed by atoms with E-state index in [1.54, 1.807) is 20.2 Å². The van der Waals surface area contributed by atoms with Gasteiger partial charge in [-0.25, -0.2) is 18.0 Å². The monoisotopic (exact) mass is 405 g/mol. The maximum atomic E-state index is 12.9. The van der Waals surface area contributed by atoms with Crippen molar-refractivity contribution in [3.63, 3.8) is 0 Å². The van der Waals surface area contributed by atoms with Gasteiger partial charge in [-0.1, -0.05) is 0 Å². The quantitative estimate of drug-likeness (QED) is 0.644. The van der Waals surface area contributed by atoms with Crippen molar-refractivity contribution in [3.05, 3.63) is 52.4 Å². The van der Waals surface area contributed by atoms with E-state index in [-0.39, 0.29) is 27.6 Å². The molecule has 0 aliphatic carbocycles. The Labute approximate surface area is 161 Å². The number of ether oxygens (including phenoxy) is 2. The van der Waals surface area contributed by atoms with Crippen molar-refractivity contribution >= 4 is 32.7 Å². The van der Waals surface area contributed by atoms with Crippen molar-refractivity contribution in [2.24, 2.45) is 14.1 Å². The SMILES string of the molecule is COC(=O)c1ccc(OC)c(NS(=O)(=O)c2ccc3c(c2)n(C)c(=O)n3C)c1. The van der Waals surface area contributed by atoms with Crippen LogP contribution < -0.4 is 15.1 Å². The summed E-state index contributed by atoms with van der Waals surface area (Å²) < 4.78 is 40.8. The van der Waals surface area contributed by atoms with Gasteiger partial charge in [-0.05, 0) is 36.4 Å². The predicted octanol–water partition coefficient (Wildman–Crippen LogP) is 1.47. The van der Waals surface area contributed by atoms with Crippen molar-refractivity contribution in [2.45, 2.75) is 4.90 Å². The van der Waals surface area contributed by atoms with Gasteiger partial charge >= 0.3 is 11.7 Å². The molecular formula is C18H19N3O6S. The van der Waals surface area contributed by atoms with Crippen LogP contribution in [-0.4, -0.2) is 37.7 Å². The largest absolute Gasteiger partial charge is 0.495 e. The fraction of sp³-hybridized carbons (Fsp3) is 0.222. The molecule has 9 nitrogen and oxygen atoms in total. The number of esters is 1. The lowest BCUT2D eigenvalue weighted by atomic mass is 10.2. The van der Waals surface area contributed by atoms with Crippen molar-refractivity contribution < 1.29 is 22.7 Å². The molecule has 1 N–H and O–H groups in total. The predicted molar refractivity (Wildman–Crippen MR) is 103 cm³/mol. The van der Waals surface area contributed by atoms with E-state index in [1.807, 2.05) is 0 Å². The topological polar surface area (TPSA) is 109 Å². The van der Waals surface area contributed by atoms with Gasteiger partial charge in [0.05, 0.1) is 41.4 Å². The lowest BCUT2D eigenvalue weighted by molar-refractivity contribution is 0.0600. The van der Waals surface area contributed by atoms with E-state index >= 15 is 0 Å². The number of anilines is 1. The maximum Gasteiger partial charge on any atom is 0.337 e. The molecule has 0 fully saturated rings. The number of carbonyl (C=O) groups excluding carboxylic acids is 1. The first-order valence-corrected chi connectivity index (χ1v) is 9.62. The highest BCUT2D eigenvalue weighted by atomic mass is 32.2. The molecule has 0 atom stereocenters. The summed E-state index contributed by atoms with van der Waals surface area (Å²) in [6.07, 6.45) is 0. The Morgan fingerprint density at radius 3 is 2.32 bits per heavy atom. The molecule has 1 aromatic heterocycles. The van der Waals surface area contributed by atoms with Crippen molar-refractivity contribution in [1.82, 2.24) is 9.13 Å². The Hall–Kier alpha value is -3.27. The number of methoxy groups -OCH3 is 2. The van der Waals surface area contributed by atoms with Gasteiger partial charge in [0.25, 0.3) is 10.0 Å². The zero-order valence-corrected chi connectivity index (χ0v) is 16.5. The van der Waals surface area contributed by atoms with Gasteiger partial charge < -0.3 is 9.47 Å². The van der Waals surface area contributed by atoms with Gasteiger partial charge in [-0.2, -0.15) is 0 Å². The number of nitrogens with zero attached hydrogens (tertiary/aromatic N) is 2. The normalized spacial score (nSPS) is 11.4. The van der Waals surface area contributed by atoms with Gasteiger partial charge in [0.15, 0.2) is 0 Å². The molecule has 2 aromatic carbocycles. The molecule has 3 rings (SSSR count). The van der Waals surface area contributed by atoms with Crippen LogP contribution in [0.25, 0.3) is 11.0 Å². The average molecular weight is 405 g/mol. The summed E-state index contributed by atoms with van der Waals surface area (Å²) in [5.41, 5.74) is 1.08. The first-order valence-electron chi connectivity index (χ1n) is 8.14. The minimum atomic E-state index is -4.01. The second-order valence-electron chi connectivity index (χ2n) is 6.06. The molecule has 0 radical (unpaired) electrons. The van der Waals surface area contributed by atoms with E-state index in [2.05, 4.69) is 9.46 Å². The zero-order valence-electron chi connectivity index (χ0n) is 15.7. The highest BCUT2D eigenvalue weighted by Gasteiger charge is 2.20. The number of benzene rings is 2. The third-order valence-corrected chi connectivity index (χ3v) is 5.78. The highest BCUT2D eigenvalue weighted by molar-refractivity contribution is 7.92. The second kappa shape index (κ2) is 7.04. The molecule has 0 saturated carbocycles. The maximum absolute atomic E-state index is 12.9.